The van der Waals surface area contributed by atoms with Crippen LogP contribution in [0.5, 0.6) is 0 Å². The third-order valence-electron chi connectivity index (χ3n) is 4.09. The molecule has 0 saturated heterocycles. The lowest BCUT2D eigenvalue weighted by atomic mass is 10.0. The lowest BCUT2D eigenvalue weighted by molar-refractivity contribution is 0.607. The number of nitrogens with zero attached hydrogens (tertiary/aromatic N) is 1. The molecule has 0 amide bonds. The summed E-state index contributed by atoms with van der Waals surface area (Å²) in [6.07, 6.45) is 4.34. The minimum atomic E-state index is -0.112. The first-order valence-electron chi connectivity index (χ1n) is 7.54. The van der Waals surface area contributed by atoms with Crippen LogP contribution in [-0.2, 0) is 6.42 Å². The van der Waals surface area contributed by atoms with Crippen molar-refractivity contribution < 1.29 is 4.39 Å². The van der Waals surface area contributed by atoms with Crippen LogP contribution in [0, 0.1) is 11.7 Å². The summed E-state index contributed by atoms with van der Waals surface area (Å²) in [7, 11) is 0. The maximum atomic E-state index is 14.0. The zero-order valence-corrected chi connectivity index (χ0v) is 13.0. The molecule has 20 heavy (non-hydrogen) atoms. The Kier molecular flexibility index (Phi) is 4.74. The minimum Gasteiger partial charge on any atom is -0.258 e. The van der Waals surface area contributed by atoms with E-state index in [-0.39, 0.29) is 5.82 Å². The van der Waals surface area contributed by atoms with Gasteiger partial charge in [0.15, 0.2) is 0 Å². The van der Waals surface area contributed by atoms with E-state index in [1.807, 2.05) is 19.1 Å². The van der Waals surface area contributed by atoms with Crippen molar-refractivity contribution in [3.05, 3.63) is 46.4 Å². The van der Waals surface area contributed by atoms with Gasteiger partial charge >= 0.3 is 0 Å². The van der Waals surface area contributed by atoms with E-state index in [9.17, 15) is 4.39 Å². The molecule has 1 saturated carbocycles. The van der Waals surface area contributed by atoms with Crippen molar-refractivity contribution >= 4 is 5.71 Å². The van der Waals surface area contributed by atoms with E-state index < -0.39 is 0 Å². The van der Waals surface area contributed by atoms with Crippen molar-refractivity contribution in [3.63, 3.8) is 0 Å². The van der Waals surface area contributed by atoms with Crippen LogP contribution in [0.3, 0.4) is 0 Å². The zero-order valence-electron chi connectivity index (χ0n) is 13.0. The third-order valence-corrected chi connectivity index (χ3v) is 4.09. The molecule has 0 aromatic heterocycles. The number of hydrogen-bond acceptors (Lipinski definition) is 1. The first-order chi connectivity index (χ1) is 9.52. The van der Waals surface area contributed by atoms with Gasteiger partial charge in [0.25, 0.3) is 0 Å². The highest BCUT2D eigenvalue weighted by Gasteiger charge is 2.24. The van der Waals surface area contributed by atoms with Crippen LogP contribution in [0.15, 0.2) is 34.5 Å². The molecule has 0 radical (unpaired) electrons. The molecule has 2 heteroatoms. The SMILES string of the molecule is CCCc1ccc(C(C)=N/C(C)=C(\C)C2CC2)cc1F. The number of aryl methyl sites for hydroxylation is 1. The summed E-state index contributed by atoms with van der Waals surface area (Å²) >= 11 is 0. The van der Waals surface area contributed by atoms with E-state index >= 15 is 0 Å². The van der Waals surface area contributed by atoms with Crippen molar-refractivity contribution in [3.8, 4) is 0 Å². The molecule has 1 aromatic carbocycles. The van der Waals surface area contributed by atoms with Crippen molar-refractivity contribution in [1.29, 1.82) is 0 Å². The third kappa shape index (κ3) is 3.56. The topological polar surface area (TPSA) is 12.4 Å². The van der Waals surface area contributed by atoms with Crippen LogP contribution in [0.4, 0.5) is 4.39 Å². The van der Waals surface area contributed by atoms with Crippen LogP contribution >= 0.6 is 0 Å². The molecule has 0 aliphatic heterocycles. The zero-order chi connectivity index (χ0) is 14.7. The van der Waals surface area contributed by atoms with Gasteiger partial charge in [-0.15, -0.1) is 0 Å². The average Bonchev–Trinajstić information content (AvgIpc) is 3.24. The van der Waals surface area contributed by atoms with E-state index in [0.717, 1.165) is 41.3 Å². The summed E-state index contributed by atoms with van der Waals surface area (Å²) in [6, 6.07) is 5.48. The van der Waals surface area contributed by atoms with E-state index in [1.165, 1.54) is 18.4 Å². The molecule has 1 aliphatic rings. The van der Waals surface area contributed by atoms with Crippen molar-refractivity contribution in [2.75, 3.05) is 0 Å². The maximum Gasteiger partial charge on any atom is 0.127 e. The standard InChI is InChI=1S/C18H24FN/c1-5-6-16-9-10-17(11-18(16)19)14(4)20-13(3)12(2)15-7-8-15/h9-11,15H,5-8H2,1-4H3/b13-12+,20-14?. The fraction of sp³-hybridized carbons (Fsp3) is 0.500. The van der Waals surface area contributed by atoms with Gasteiger partial charge in [-0.2, -0.15) is 0 Å². The van der Waals surface area contributed by atoms with Crippen LogP contribution in [0.25, 0.3) is 0 Å². The number of allylic oxidation sites excluding steroid dienone is 2. The smallest absolute Gasteiger partial charge is 0.127 e. The van der Waals surface area contributed by atoms with E-state index in [1.54, 1.807) is 6.07 Å². The van der Waals surface area contributed by atoms with Gasteiger partial charge in [-0.25, -0.2) is 4.39 Å². The molecular weight excluding hydrogens is 249 g/mol. The molecule has 108 valence electrons. The Morgan fingerprint density at radius 2 is 1.95 bits per heavy atom. The van der Waals surface area contributed by atoms with E-state index in [2.05, 4.69) is 25.8 Å². The Balaban J connectivity index is 2.22. The molecule has 1 aromatic rings. The largest absolute Gasteiger partial charge is 0.258 e. The number of benzene rings is 1. The molecule has 1 fully saturated rings. The maximum absolute atomic E-state index is 14.0. The Hall–Kier alpha value is -1.44. The summed E-state index contributed by atoms with van der Waals surface area (Å²) in [5.41, 5.74) is 5.04. The van der Waals surface area contributed by atoms with Crippen LogP contribution in [0.2, 0.25) is 0 Å². The normalized spacial score (nSPS) is 17.1. The highest BCUT2D eigenvalue weighted by Crippen LogP contribution is 2.37. The number of hydrogen-bond donors (Lipinski definition) is 0. The molecule has 0 atom stereocenters. The number of aliphatic imine (C=N–C) groups is 1. The summed E-state index contributed by atoms with van der Waals surface area (Å²) in [4.78, 5) is 4.65. The molecule has 2 rings (SSSR count). The first-order valence-corrected chi connectivity index (χ1v) is 7.54. The predicted molar refractivity (Wildman–Crippen MR) is 83.7 cm³/mol. The van der Waals surface area contributed by atoms with Gasteiger partial charge in [0.05, 0.1) is 0 Å². The molecule has 0 N–H and O–H groups in total. The van der Waals surface area contributed by atoms with E-state index in [4.69, 9.17) is 0 Å². The fourth-order valence-electron chi connectivity index (χ4n) is 2.46. The predicted octanol–water partition coefficient (Wildman–Crippen LogP) is 5.29. The summed E-state index contributed by atoms with van der Waals surface area (Å²) < 4.78 is 14.0. The molecule has 0 bridgehead atoms. The lowest BCUT2D eigenvalue weighted by Crippen LogP contribution is -1.99. The van der Waals surface area contributed by atoms with Crippen molar-refractivity contribution in [2.45, 2.75) is 53.4 Å². The van der Waals surface area contributed by atoms with Crippen LogP contribution in [-0.4, -0.2) is 5.71 Å². The quantitative estimate of drug-likeness (QED) is 0.646. The van der Waals surface area contributed by atoms with Gasteiger partial charge in [0, 0.05) is 11.4 Å². The Morgan fingerprint density at radius 1 is 1.25 bits per heavy atom. The van der Waals surface area contributed by atoms with Crippen molar-refractivity contribution in [2.24, 2.45) is 10.9 Å². The highest BCUT2D eigenvalue weighted by atomic mass is 19.1. The number of halogens is 1. The van der Waals surface area contributed by atoms with Gasteiger partial charge in [0.2, 0.25) is 0 Å². The van der Waals surface area contributed by atoms with Crippen LogP contribution in [0.1, 0.15) is 58.1 Å². The molecule has 0 spiro atoms. The van der Waals surface area contributed by atoms with Gasteiger partial charge < -0.3 is 0 Å². The second-order valence-corrected chi connectivity index (χ2v) is 5.80. The Labute approximate surface area is 121 Å². The van der Waals surface area contributed by atoms with Gasteiger partial charge in [-0.3, -0.25) is 4.99 Å². The van der Waals surface area contributed by atoms with Gasteiger partial charge in [0.1, 0.15) is 5.82 Å². The molecular formula is C18H24FN. The van der Waals surface area contributed by atoms with E-state index in [0.29, 0.717) is 0 Å². The number of rotatable bonds is 5. The van der Waals surface area contributed by atoms with Gasteiger partial charge in [-0.1, -0.05) is 25.5 Å². The minimum absolute atomic E-state index is 0.112. The second-order valence-electron chi connectivity index (χ2n) is 5.80. The first kappa shape index (κ1) is 15.0. The second kappa shape index (κ2) is 6.34. The average molecular weight is 273 g/mol. The summed E-state index contributed by atoms with van der Waals surface area (Å²) in [6.45, 7) is 8.24. The molecule has 1 aliphatic carbocycles. The monoisotopic (exact) mass is 273 g/mol. The molecule has 0 heterocycles. The highest BCUT2D eigenvalue weighted by molar-refractivity contribution is 5.99. The van der Waals surface area contributed by atoms with Crippen LogP contribution < -0.4 is 0 Å². The summed E-state index contributed by atoms with van der Waals surface area (Å²) in [5, 5.41) is 0. The lowest BCUT2D eigenvalue weighted by Gasteiger charge is -2.07. The van der Waals surface area contributed by atoms with Gasteiger partial charge in [-0.05, 0) is 68.7 Å². The Morgan fingerprint density at radius 3 is 2.50 bits per heavy atom. The summed E-state index contributed by atoms with van der Waals surface area (Å²) in [5.74, 6) is 0.620. The molecule has 1 nitrogen and oxygen atoms in total. The molecule has 0 unspecified atom stereocenters. The Bertz CT molecular complexity index is 551. The fourth-order valence-corrected chi connectivity index (χ4v) is 2.46. The van der Waals surface area contributed by atoms with Crippen molar-refractivity contribution in [1.82, 2.24) is 0 Å².